The Morgan fingerprint density at radius 1 is 1.17 bits per heavy atom. The summed E-state index contributed by atoms with van der Waals surface area (Å²) in [5.74, 6) is 1.43. The van der Waals surface area contributed by atoms with Crippen molar-refractivity contribution in [1.29, 1.82) is 5.26 Å². The summed E-state index contributed by atoms with van der Waals surface area (Å²) in [6.07, 6.45) is 1.94. The van der Waals surface area contributed by atoms with Gasteiger partial charge < -0.3 is 10.2 Å². The fourth-order valence-corrected chi connectivity index (χ4v) is 3.02. The molecule has 23 heavy (non-hydrogen) atoms. The minimum Gasteiger partial charge on any atom is -0.353 e. The van der Waals surface area contributed by atoms with E-state index < -0.39 is 0 Å². The van der Waals surface area contributed by atoms with Crippen molar-refractivity contribution in [2.75, 3.05) is 37.3 Å². The van der Waals surface area contributed by atoms with E-state index in [0.717, 1.165) is 42.6 Å². The highest BCUT2D eigenvalue weighted by Gasteiger charge is 2.21. The topological polar surface area (TPSA) is 64.8 Å². The molecule has 1 aliphatic heterocycles. The molecule has 2 heterocycles. The summed E-state index contributed by atoms with van der Waals surface area (Å²) >= 11 is 1.49. The van der Waals surface area contributed by atoms with Gasteiger partial charge in [0.05, 0.1) is 0 Å². The lowest BCUT2D eigenvalue weighted by molar-refractivity contribution is 0.583. The van der Waals surface area contributed by atoms with Gasteiger partial charge in [0, 0.05) is 31.7 Å². The van der Waals surface area contributed by atoms with Crippen LogP contribution in [0.1, 0.15) is 5.56 Å². The second kappa shape index (κ2) is 8.16. The predicted octanol–water partition coefficient (Wildman–Crippen LogP) is 2.57. The second-order valence-electron chi connectivity index (χ2n) is 4.97. The van der Waals surface area contributed by atoms with Crippen molar-refractivity contribution < 1.29 is 0 Å². The molecule has 0 atom stereocenters. The van der Waals surface area contributed by atoms with Crippen molar-refractivity contribution in [1.82, 2.24) is 15.3 Å². The van der Waals surface area contributed by atoms with Crippen molar-refractivity contribution in [3.05, 3.63) is 35.9 Å². The van der Waals surface area contributed by atoms with Crippen molar-refractivity contribution in [3.8, 4) is 17.5 Å². The lowest BCUT2D eigenvalue weighted by Crippen LogP contribution is -2.44. The number of aromatic nitrogens is 2. The van der Waals surface area contributed by atoms with Gasteiger partial charge in [0.2, 0.25) is 0 Å². The lowest BCUT2D eigenvalue weighted by atomic mass is 10.2. The molecule has 3 rings (SSSR count). The number of nitrogens with one attached hydrogen (secondary N) is 1. The summed E-state index contributed by atoms with van der Waals surface area (Å²) in [6, 6.07) is 12.2. The first-order valence-electron chi connectivity index (χ1n) is 7.20. The number of anilines is 1. The van der Waals surface area contributed by atoms with Crippen LogP contribution in [-0.2, 0) is 0 Å². The molecule has 7 heteroatoms. The molecule has 0 amide bonds. The Hall–Kier alpha value is -1.81. The van der Waals surface area contributed by atoms with Gasteiger partial charge in [-0.25, -0.2) is 9.97 Å². The fraction of sp³-hybridized carbons (Fsp3) is 0.312. The van der Waals surface area contributed by atoms with E-state index in [1.165, 1.54) is 11.8 Å². The van der Waals surface area contributed by atoms with Gasteiger partial charge in [0.15, 0.2) is 11.6 Å². The van der Waals surface area contributed by atoms with E-state index in [4.69, 9.17) is 4.98 Å². The van der Waals surface area contributed by atoms with E-state index in [2.05, 4.69) is 21.3 Å². The third kappa shape index (κ3) is 3.75. The highest BCUT2D eigenvalue weighted by molar-refractivity contribution is 7.98. The molecule has 0 radical (unpaired) electrons. The standard InChI is InChI=1S/C16H17N5S.ClH/c1-22-16-13(11-17)15(21-9-7-18-8-10-21)19-14(20-16)12-5-3-2-4-6-12;/h2-6,18H,7-10H2,1H3;1H. The van der Waals surface area contributed by atoms with E-state index in [1.54, 1.807) is 0 Å². The highest BCUT2D eigenvalue weighted by Crippen LogP contribution is 2.29. The van der Waals surface area contributed by atoms with Crippen LogP contribution in [0.4, 0.5) is 5.82 Å². The smallest absolute Gasteiger partial charge is 0.162 e. The van der Waals surface area contributed by atoms with Crippen LogP contribution in [0, 0.1) is 11.3 Å². The second-order valence-corrected chi connectivity index (χ2v) is 5.76. The average Bonchev–Trinajstić information content (AvgIpc) is 2.62. The molecule has 5 nitrogen and oxygen atoms in total. The van der Waals surface area contributed by atoms with Crippen LogP contribution in [0.25, 0.3) is 11.4 Å². The number of thioether (sulfide) groups is 1. The molecule has 0 unspecified atom stereocenters. The quantitative estimate of drug-likeness (QED) is 0.680. The Balaban J connectivity index is 0.00000192. The number of rotatable bonds is 3. The Morgan fingerprint density at radius 3 is 2.48 bits per heavy atom. The molecule has 0 aliphatic carbocycles. The number of piperazine rings is 1. The molecule has 2 aromatic rings. The largest absolute Gasteiger partial charge is 0.353 e. The first kappa shape index (κ1) is 17.5. The van der Waals surface area contributed by atoms with Crippen molar-refractivity contribution in [3.63, 3.8) is 0 Å². The first-order valence-corrected chi connectivity index (χ1v) is 8.43. The van der Waals surface area contributed by atoms with E-state index in [0.29, 0.717) is 11.4 Å². The fourth-order valence-electron chi connectivity index (χ4n) is 2.50. The van der Waals surface area contributed by atoms with Gasteiger partial charge in [-0.3, -0.25) is 0 Å². The maximum absolute atomic E-state index is 9.54. The number of benzene rings is 1. The Labute approximate surface area is 146 Å². The third-order valence-electron chi connectivity index (χ3n) is 3.61. The molecule has 1 aliphatic rings. The zero-order valence-electron chi connectivity index (χ0n) is 12.8. The number of halogens is 1. The highest BCUT2D eigenvalue weighted by atomic mass is 35.5. The monoisotopic (exact) mass is 347 g/mol. The molecular weight excluding hydrogens is 330 g/mol. The van der Waals surface area contributed by atoms with Gasteiger partial charge in [-0.2, -0.15) is 5.26 Å². The van der Waals surface area contributed by atoms with Crippen LogP contribution in [0.2, 0.25) is 0 Å². The molecule has 1 aromatic carbocycles. The van der Waals surface area contributed by atoms with Gasteiger partial charge in [-0.05, 0) is 6.26 Å². The van der Waals surface area contributed by atoms with Gasteiger partial charge in [0.25, 0.3) is 0 Å². The van der Waals surface area contributed by atoms with Gasteiger partial charge >= 0.3 is 0 Å². The lowest BCUT2D eigenvalue weighted by Gasteiger charge is -2.29. The van der Waals surface area contributed by atoms with E-state index in [1.807, 2.05) is 36.6 Å². The SMILES string of the molecule is CSc1nc(-c2ccccc2)nc(N2CCNCC2)c1C#N.Cl. The minimum absolute atomic E-state index is 0. The van der Waals surface area contributed by atoms with Crippen LogP contribution in [-0.4, -0.2) is 42.4 Å². The summed E-state index contributed by atoms with van der Waals surface area (Å²) in [5.41, 5.74) is 1.55. The average molecular weight is 348 g/mol. The number of nitriles is 1. The number of hydrogen-bond donors (Lipinski definition) is 1. The minimum atomic E-state index is 0. The van der Waals surface area contributed by atoms with Crippen LogP contribution in [0.5, 0.6) is 0 Å². The zero-order valence-corrected chi connectivity index (χ0v) is 14.5. The molecule has 0 bridgehead atoms. The Morgan fingerprint density at radius 2 is 1.87 bits per heavy atom. The van der Waals surface area contributed by atoms with Gasteiger partial charge in [-0.1, -0.05) is 30.3 Å². The zero-order chi connectivity index (χ0) is 15.4. The Bertz CT molecular complexity index is 696. The van der Waals surface area contributed by atoms with Crippen LogP contribution < -0.4 is 10.2 Å². The maximum atomic E-state index is 9.54. The molecule has 1 saturated heterocycles. The van der Waals surface area contributed by atoms with Gasteiger partial charge in [0.1, 0.15) is 16.7 Å². The third-order valence-corrected chi connectivity index (χ3v) is 4.29. The summed E-state index contributed by atoms with van der Waals surface area (Å²) in [6.45, 7) is 3.52. The maximum Gasteiger partial charge on any atom is 0.162 e. The van der Waals surface area contributed by atoms with Crippen molar-refractivity contribution in [2.24, 2.45) is 0 Å². The van der Waals surface area contributed by atoms with Gasteiger partial charge in [-0.15, -0.1) is 24.2 Å². The molecule has 0 saturated carbocycles. The summed E-state index contributed by atoms with van der Waals surface area (Å²) in [5, 5.41) is 13.6. The summed E-state index contributed by atoms with van der Waals surface area (Å²) < 4.78 is 0. The Kier molecular flexibility index (Phi) is 6.22. The van der Waals surface area contributed by atoms with Crippen molar-refractivity contribution in [2.45, 2.75) is 5.03 Å². The summed E-state index contributed by atoms with van der Waals surface area (Å²) in [7, 11) is 0. The summed E-state index contributed by atoms with van der Waals surface area (Å²) in [4.78, 5) is 11.4. The molecule has 0 spiro atoms. The molecular formula is C16H18ClN5S. The van der Waals surface area contributed by atoms with E-state index in [-0.39, 0.29) is 12.4 Å². The molecule has 1 N–H and O–H groups in total. The van der Waals surface area contributed by atoms with Crippen LogP contribution >= 0.6 is 24.2 Å². The van der Waals surface area contributed by atoms with E-state index >= 15 is 0 Å². The van der Waals surface area contributed by atoms with Crippen molar-refractivity contribution >= 4 is 30.0 Å². The first-order chi connectivity index (χ1) is 10.8. The van der Waals surface area contributed by atoms with E-state index in [9.17, 15) is 5.26 Å². The number of nitrogens with zero attached hydrogens (tertiary/aromatic N) is 4. The normalized spacial score (nSPS) is 14.0. The van der Waals surface area contributed by atoms with Crippen LogP contribution in [0.15, 0.2) is 35.4 Å². The molecule has 120 valence electrons. The van der Waals surface area contributed by atoms with Crippen LogP contribution in [0.3, 0.4) is 0 Å². The molecule has 1 aromatic heterocycles. The predicted molar refractivity (Wildman–Crippen MR) is 96.3 cm³/mol. The molecule has 1 fully saturated rings. The number of hydrogen-bond acceptors (Lipinski definition) is 6.